The van der Waals surface area contributed by atoms with Crippen molar-refractivity contribution in [2.75, 3.05) is 12.8 Å². The third-order valence-electron chi connectivity index (χ3n) is 2.84. The lowest BCUT2D eigenvalue weighted by Gasteiger charge is -2.09. The van der Waals surface area contributed by atoms with Gasteiger partial charge in [-0.05, 0) is 35.9 Å². The van der Waals surface area contributed by atoms with Crippen LogP contribution in [0.15, 0.2) is 46.9 Å². The molecule has 0 aromatic heterocycles. The molecule has 0 aliphatic heterocycles. The van der Waals surface area contributed by atoms with E-state index < -0.39 is 0 Å². The average Bonchev–Trinajstić information content (AvgIpc) is 2.45. The molecular weight excluding hydrogens is 320 g/mol. The zero-order valence-corrected chi connectivity index (χ0v) is 12.6. The third kappa shape index (κ3) is 3.51. The second-order valence-corrected chi connectivity index (χ2v) is 5.19. The Morgan fingerprint density at radius 1 is 1.30 bits per heavy atom. The van der Waals surface area contributed by atoms with Crippen LogP contribution < -0.4 is 15.8 Å². The minimum absolute atomic E-state index is 0.164. The quantitative estimate of drug-likeness (QED) is 0.845. The Morgan fingerprint density at radius 2 is 2.10 bits per heavy atom. The number of hydrogen-bond donors (Lipinski definition) is 2. The van der Waals surface area contributed by atoms with Crippen LogP contribution in [0.2, 0.25) is 0 Å². The first-order chi connectivity index (χ1) is 9.60. The maximum atomic E-state index is 12.1. The van der Waals surface area contributed by atoms with E-state index in [9.17, 15) is 4.79 Å². The number of benzene rings is 2. The van der Waals surface area contributed by atoms with Crippen LogP contribution in [0.1, 0.15) is 15.9 Å². The maximum absolute atomic E-state index is 12.1. The SMILES string of the molecule is COc1cc(C(=O)NCc2cccc(Br)c2)ccc1N. The summed E-state index contributed by atoms with van der Waals surface area (Å²) in [5.74, 6) is 0.336. The summed E-state index contributed by atoms with van der Waals surface area (Å²) in [5.41, 5.74) is 7.77. The predicted octanol–water partition coefficient (Wildman–Crippen LogP) is 2.97. The number of ether oxygens (including phenoxy) is 1. The molecule has 2 aromatic carbocycles. The molecule has 20 heavy (non-hydrogen) atoms. The first-order valence-electron chi connectivity index (χ1n) is 6.06. The molecule has 2 aromatic rings. The number of hydrogen-bond acceptors (Lipinski definition) is 3. The Morgan fingerprint density at radius 3 is 2.80 bits per heavy atom. The third-order valence-corrected chi connectivity index (χ3v) is 3.33. The Labute approximate surface area is 126 Å². The largest absolute Gasteiger partial charge is 0.495 e. The fourth-order valence-electron chi connectivity index (χ4n) is 1.78. The molecule has 2 rings (SSSR count). The highest BCUT2D eigenvalue weighted by molar-refractivity contribution is 9.10. The van der Waals surface area contributed by atoms with Crippen LogP contribution in [-0.4, -0.2) is 13.0 Å². The summed E-state index contributed by atoms with van der Waals surface area (Å²) < 4.78 is 6.09. The van der Waals surface area contributed by atoms with Gasteiger partial charge in [-0.15, -0.1) is 0 Å². The second-order valence-electron chi connectivity index (χ2n) is 4.27. The molecular formula is C15H15BrN2O2. The van der Waals surface area contributed by atoms with E-state index in [2.05, 4.69) is 21.2 Å². The van der Waals surface area contributed by atoms with E-state index in [1.165, 1.54) is 7.11 Å². The van der Waals surface area contributed by atoms with E-state index in [0.29, 0.717) is 23.5 Å². The van der Waals surface area contributed by atoms with Crippen molar-refractivity contribution < 1.29 is 9.53 Å². The summed E-state index contributed by atoms with van der Waals surface area (Å²) in [6.07, 6.45) is 0. The summed E-state index contributed by atoms with van der Waals surface area (Å²) in [6, 6.07) is 12.7. The van der Waals surface area contributed by atoms with Crippen LogP contribution >= 0.6 is 15.9 Å². The van der Waals surface area contributed by atoms with E-state index in [-0.39, 0.29) is 5.91 Å². The van der Waals surface area contributed by atoms with Gasteiger partial charge in [0.15, 0.2) is 0 Å². The topological polar surface area (TPSA) is 64.3 Å². The van der Waals surface area contributed by atoms with Crippen LogP contribution in [0.25, 0.3) is 0 Å². The van der Waals surface area contributed by atoms with Gasteiger partial charge in [-0.1, -0.05) is 28.1 Å². The number of methoxy groups -OCH3 is 1. The zero-order valence-electron chi connectivity index (χ0n) is 11.0. The molecule has 0 unspecified atom stereocenters. The van der Waals surface area contributed by atoms with Crippen molar-refractivity contribution in [1.29, 1.82) is 0 Å². The number of anilines is 1. The molecule has 104 valence electrons. The van der Waals surface area contributed by atoms with Gasteiger partial charge in [0.1, 0.15) is 5.75 Å². The monoisotopic (exact) mass is 334 g/mol. The van der Waals surface area contributed by atoms with Crippen molar-refractivity contribution in [3.8, 4) is 5.75 Å². The highest BCUT2D eigenvalue weighted by atomic mass is 79.9. The van der Waals surface area contributed by atoms with Gasteiger partial charge in [-0.3, -0.25) is 4.79 Å². The lowest BCUT2D eigenvalue weighted by atomic mass is 10.1. The summed E-state index contributed by atoms with van der Waals surface area (Å²) in [4.78, 5) is 12.1. The Kier molecular flexibility index (Phi) is 4.63. The van der Waals surface area contributed by atoms with Crippen LogP contribution in [-0.2, 0) is 6.54 Å². The van der Waals surface area contributed by atoms with Gasteiger partial charge in [0.2, 0.25) is 0 Å². The van der Waals surface area contributed by atoms with Crippen molar-refractivity contribution in [1.82, 2.24) is 5.32 Å². The van der Waals surface area contributed by atoms with Gasteiger partial charge >= 0.3 is 0 Å². The fraction of sp³-hybridized carbons (Fsp3) is 0.133. The first kappa shape index (κ1) is 14.4. The average molecular weight is 335 g/mol. The molecule has 1 amide bonds. The van der Waals surface area contributed by atoms with Gasteiger partial charge in [0.05, 0.1) is 12.8 Å². The standard InChI is InChI=1S/C15H15BrN2O2/c1-20-14-8-11(5-6-13(14)17)15(19)18-9-10-3-2-4-12(16)7-10/h2-8H,9,17H2,1H3,(H,18,19). The number of carbonyl (C=O) groups is 1. The zero-order chi connectivity index (χ0) is 14.5. The van der Waals surface area contributed by atoms with Crippen molar-refractivity contribution in [2.45, 2.75) is 6.54 Å². The van der Waals surface area contributed by atoms with Gasteiger partial charge in [-0.2, -0.15) is 0 Å². The second kappa shape index (κ2) is 6.43. The lowest BCUT2D eigenvalue weighted by molar-refractivity contribution is 0.0950. The van der Waals surface area contributed by atoms with Crippen LogP contribution in [0, 0.1) is 0 Å². The number of nitrogens with two attached hydrogens (primary N) is 1. The fourth-order valence-corrected chi connectivity index (χ4v) is 2.23. The molecule has 0 spiro atoms. The molecule has 5 heteroatoms. The Bertz CT molecular complexity index is 629. The van der Waals surface area contributed by atoms with Crippen molar-refractivity contribution >= 4 is 27.5 Å². The van der Waals surface area contributed by atoms with E-state index >= 15 is 0 Å². The smallest absolute Gasteiger partial charge is 0.251 e. The van der Waals surface area contributed by atoms with E-state index in [1.54, 1.807) is 18.2 Å². The molecule has 0 bridgehead atoms. The van der Waals surface area contributed by atoms with Crippen molar-refractivity contribution in [3.05, 3.63) is 58.1 Å². The van der Waals surface area contributed by atoms with E-state index in [1.807, 2.05) is 24.3 Å². The Hall–Kier alpha value is -2.01. The normalized spacial score (nSPS) is 10.1. The maximum Gasteiger partial charge on any atom is 0.251 e. The molecule has 0 aliphatic carbocycles. The molecule has 0 heterocycles. The lowest BCUT2D eigenvalue weighted by Crippen LogP contribution is -2.22. The summed E-state index contributed by atoms with van der Waals surface area (Å²) in [6.45, 7) is 0.463. The van der Waals surface area contributed by atoms with E-state index in [4.69, 9.17) is 10.5 Å². The van der Waals surface area contributed by atoms with Gasteiger partial charge in [0, 0.05) is 16.6 Å². The predicted molar refractivity (Wildman–Crippen MR) is 82.7 cm³/mol. The van der Waals surface area contributed by atoms with Crippen LogP contribution in [0.4, 0.5) is 5.69 Å². The van der Waals surface area contributed by atoms with E-state index in [0.717, 1.165) is 10.0 Å². The summed E-state index contributed by atoms with van der Waals surface area (Å²) in [5, 5.41) is 2.86. The van der Waals surface area contributed by atoms with Gasteiger partial charge in [-0.25, -0.2) is 0 Å². The highest BCUT2D eigenvalue weighted by Gasteiger charge is 2.08. The molecule has 0 aliphatic rings. The van der Waals surface area contributed by atoms with Crippen molar-refractivity contribution in [3.63, 3.8) is 0 Å². The summed E-state index contributed by atoms with van der Waals surface area (Å²) in [7, 11) is 1.52. The Balaban J connectivity index is 2.05. The number of amides is 1. The molecule has 0 saturated carbocycles. The van der Waals surface area contributed by atoms with Gasteiger partial charge in [0.25, 0.3) is 5.91 Å². The highest BCUT2D eigenvalue weighted by Crippen LogP contribution is 2.22. The molecule has 0 radical (unpaired) electrons. The number of nitrogen functional groups attached to an aromatic ring is 1. The summed E-state index contributed by atoms with van der Waals surface area (Å²) >= 11 is 3.40. The van der Waals surface area contributed by atoms with Gasteiger partial charge < -0.3 is 15.8 Å². The molecule has 4 nitrogen and oxygen atoms in total. The number of rotatable bonds is 4. The minimum Gasteiger partial charge on any atom is -0.495 e. The number of halogens is 1. The van der Waals surface area contributed by atoms with Crippen molar-refractivity contribution in [2.24, 2.45) is 0 Å². The van der Waals surface area contributed by atoms with Crippen LogP contribution in [0.3, 0.4) is 0 Å². The minimum atomic E-state index is -0.164. The molecule has 3 N–H and O–H groups in total. The number of carbonyl (C=O) groups excluding carboxylic acids is 1. The van der Waals surface area contributed by atoms with Crippen LogP contribution in [0.5, 0.6) is 5.75 Å². The molecule has 0 fully saturated rings. The number of nitrogens with one attached hydrogen (secondary N) is 1. The molecule has 0 saturated heterocycles. The first-order valence-corrected chi connectivity index (χ1v) is 6.85. The molecule has 0 atom stereocenters.